The van der Waals surface area contributed by atoms with E-state index in [-0.39, 0.29) is 23.3 Å². The summed E-state index contributed by atoms with van der Waals surface area (Å²) in [5.74, 6) is -1.49. The van der Waals surface area contributed by atoms with E-state index in [0.29, 0.717) is 5.69 Å². The second-order valence-corrected chi connectivity index (χ2v) is 8.50. The van der Waals surface area contributed by atoms with Crippen molar-refractivity contribution in [1.29, 1.82) is 0 Å². The maximum atomic E-state index is 12.5. The highest BCUT2D eigenvalue weighted by atomic mass is 32.2. The summed E-state index contributed by atoms with van der Waals surface area (Å²) in [5, 5.41) is 12.5. The second-order valence-electron chi connectivity index (χ2n) is 6.79. The maximum Gasteiger partial charge on any atom is 0.322 e. The number of carbonyl (C=O) groups excluding carboxylic acids is 1. The molecule has 1 aromatic carbocycles. The first-order chi connectivity index (χ1) is 13.3. The molecule has 10 heteroatoms. The third kappa shape index (κ3) is 4.64. The lowest BCUT2D eigenvalue weighted by Crippen LogP contribution is -2.42. The number of nitrogens with one attached hydrogen (secondary N) is 2. The number of rotatable bonds is 7. The molecule has 2 atom stereocenters. The maximum absolute atomic E-state index is 12.5. The Hall–Kier alpha value is -2.56. The lowest BCUT2D eigenvalue weighted by atomic mass is 10.2. The van der Waals surface area contributed by atoms with Crippen molar-refractivity contribution in [3.8, 4) is 0 Å². The SMILES string of the molecule is Cc1ccc(S(=O)(=O)N[C@@H](Cc2cn(C(=O)[C@H]3CCCN3)cn2)C(=O)O)cc1. The number of hydrogen-bond acceptors (Lipinski definition) is 6. The zero-order valence-electron chi connectivity index (χ0n) is 15.3. The van der Waals surface area contributed by atoms with Crippen LogP contribution in [0.25, 0.3) is 0 Å². The van der Waals surface area contributed by atoms with Crippen LogP contribution in [-0.4, -0.2) is 53.6 Å². The molecule has 0 radical (unpaired) electrons. The van der Waals surface area contributed by atoms with Gasteiger partial charge in [0.15, 0.2) is 0 Å². The first-order valence-corrected chi connectivity index (χ1v) is 10.4. The van der Waals surface area contributed by atoms with E-state index in [0.717, 1.165) is 24.9 Å². The van der Waals surface area contributed by atoms with Gasteiger partial charge in [-0.25, -0.2) is 13.4 Å². The number of imidazole rings is 1. The van der Waals surface area contributed by atoms with E-state index in [1.165, 1.54) is 29.2 Å². The monoisotopic (exact) mass is 406 g/mol. The Morgan fingerprint density at radius 2 is 2.07 bits per heavy atom. The van der Waals surface area contributed by atoms with E-state index in [9.17, 15) is 23.1 Å². The van der Waals surface area contributed by atoms with Crippen molar-refractivity contribution in [2.45, 2.75) is 43.2 Å². The van der Waals surface area contributed by atoms with Crippen molar-refractivity contribution in [3.05, 3.63) is 48.0 Å². The largest absolute Gasteiger partial charge is 0.480 e. The van der Waals surface area contributed by atoms with E-state index in [1.807, 2.05) is 6.92 Å². The van der Waals surface area contributed by atoms with Gasteiger partial charge in [0.05, 0.1) is 16.6 Å². The summed E-state index contributed by atoms with van der Waals surface area (Å²) in [5.41, 5.74) is 1.20. The van der Waals surface area contributed by atoms with Crippen molar-refractivity contribution in [1.82, 2.24) is 19.6 Å². The molecular weight excluding hydrogens is 384 g/mol. The Labute approximate surface area is 162 Å². The van der Waals surface area contributed by atoms with Gasteiger partial charge >= 0.3 is 5.97 Å². The molecular formula is C18H22N4O5S. The third-order valence-electron chi connectivity index (χ3n) is 4.59. The minimum Gasteiger partial charge on any atom is -0.480 e. The molecule has 2 aromatic rings. The third-order valence-corrected chi connectivity index (χ3v) is 6.08. The van der Waals surface area contributed by atoms with Crippen LogP contribution in [0.3, 0.4) is 0 Å². The molecule has 0 amide bonds. The van der Waals surface area contributed by atoms with Crippen LogP contribution < -0.4 is 10.0 Å². The highest BCUT2D eigenvalue weighted by molar-refractivity contribution is 7.89. The molecule has 3 N–H and O–H groups in total. The summed E-state index contributed by atoms with van der Waals surface area (Å²) in [6, 6.07) is 4.41. The Morgan fingerprint density at radius 1 is 1.36 bits per heavy atom. The Morgan fingerprint density at radius 3 is 2.68 bits per heavy atom. The van der Waals surface area contributed by atoms with E-state index >= 15 is 0 Å². The minimum atomic E-state index is -4.01. The molecule has 0 spiro atoms. The summed E-state index contributed by atoms with van der Waals surface area (Å²) in [6.45, 7) is 2.60. The number of hydrogen-bond donors (Lipinski definition) is 3. The van der Waals surface area contributed by atoms with Gasteiger partial charge in [0.2, 0.25) is 15.9 Å². The van der Waals surface area contributed by atoms with E-state index < -0.39 is 22.0 Å². The van der Waals surface area contributed by atoms with Gasteiger partial charge in [-0.15, -0.1) is 0 Å². The van der Waals surface area contributed by atoms with Crippen molar-refractivity contribution < 1.29 is 23.1 Å². The molecule has 1 aromatic heterocycles. The van der Waals surface area contributed by atoms with Crippen LogP contribution in [0.5, 0.6) is 0 Å². The van der Waals surface area contributed by atoms with Gasteiger partial charge in [-0.2, -0.15) is 4.72 Å². The zero-order valence-corrected chi connectivity index (χ0v) is 16.1. The summed E-state index contributed by atoms with van der Waals surface area (Å²) >= 11 is 0. The number of carboxylic acids is 1. The predicted octanol–water partition coefficient (Wildman–Crippen LogP) is 0.558. The minimum absolute atomic E-state index is 0.0163. The van der Waals surface area contributed by atoms with Gasteiger partial charge in [-0.3, -0.25) is 14.2 Å². The van der Waals surface area contributed by atoms with Crippen molar-refractivity contribution >= 4 is 21.9 Å². The molecule has 150 valence electrons. The van der Waals surface area contributed by atoms with Crippen LogP contribution >= 0.6 is 0 Å². The van der Waals surface area contributed by atoms with Gasteiger partial charge in [0.1, 0.15) is 12.4 Å². The first-order valence-electron chi connectivity index (χ1n) is 8.88. The van der Waals surface area contributed by atoms with E-state index in [2.05, 4.69) is 15.0 Å². The molecule has 0 saturated carbocycles. The molecule has 0 bridgehead atoms. The van der Waals surface area contributed by atoms with Gasteiger partial charge in [-0.05, 0) is 38.4 Å². The van der Waals surface area contributed by atoms with Crippen LogP contribution in [0.4, 0.5) is 0 Å². The fourth-order valence-corrected chi connectivity index (χ4v) is 4.22. The highest BCUT2D eigenvalue weighted by Gasteiger charge is 2.28. The molecule has 3 rings (SSSR count). The average molecular weight is 406 g/mol. The summed E-state index contributed by atoms with van der Waals surface area (Å²) in [7, 11) is -4.01. The number of carboxylic acid groups (broad SMARTS) is 1. The number of aryl methyl sites for hydroxylation is 1. The summed E-state index contributed by atoms with van der Waals surface area (Å²) in [6.07, 6.45) is 4.24. The highest BCUT2D eigenvalue weighted by Crippen LogP contribution is 2.13. The molecule has 1 aliphatic heterocycles. The van der Waals surface area contributed by atoms with Gasteiger partial charge in [-0.1, -0.05) is 17.7 Å². The predicted molar refractivity (Wildman–Crippen MR) is 101 cm³/mol. The molecule has 9 nitrogen and oxygen atoms in total. The quantitative estimate of drug-likeness (QED) is 0.612. The molecule has 0 aliphatic carbocycles. The van der Waals surface area contributed by atoms with Gasteiger partial charge < -0.3 is 10.4 Å². The zero-order chi connectivity index (χ0) is 20.3. The molecule has 1 saturated heterocycles. The second kappa shape index (κ2) is 8.21. The Bertz CT molecular complexity index is 962. The van der Waals surface area contributed by atoms with Crippen LogP contribution in [0, 0.1) is 6.92 Å². The summed E-state index contributed by atoms with van der Waals surface area (Å²) in [4.78, 5) is 28.0. The lowest BCUT2D eigenvalue weighted by Gasteiger charge is -2.14. The topological polar surface area (TPSA) is 130 Å². The number of sulfonamides is 1. The lowest BCUT2D eigenvalue weighted by molar-refractivity contribution is -0.138. The molecule has 0 unspecified atom stereocenters. The Balaban J connectivity index is 1.72. The van der Waals surface area contributed by atoms with Crippen molar-refractivity contribution in [3.63, 3.8) is 0 Å². The van der Waals surface area contributed by atoms with Crippen molar-refractivity contribution in [2.24, 2.45) is 0 Å². The summed E-state index contributed by atoms with van der Waals surface area (Å²) < 4.78 is 28.5. The molecule has 1 aliphatic rings. The molecule has 28 heavy (non-hydrogen) atoms. The van der Waals surface area contributed by atoms with Crippen LogP contribution in [0.1, 0.15) is 28.9 Å². The van der Waals surface area contributed by atoms with Gasteiger partial charge in [0.25, 0.3) is 0 Å². The fourth-order valence-electron chi connectivity index (χ4n) is 3.03. The Kier molecular flexibility index (Phi) is 5.92. The number of aliphatic carboxylic acids is 1. The smallest absolute Gasteiger partial charge is 0.322 e. The number of benzene rings is 1. The fraction of sp³-hybridized carbons (Fsp3) is 0.389. The van der Waals surface area contributed by atoms with Crippen LogP contribution in [0.2, 0.25) is 0 Å². The first kappa shape index (κ1) is 20.2. The van der Waals surface area contributed by atoms with Gasteiger partial charge in [0, 0.05) is 12.6 Å². The van der Waals surface area contributed by atoms with Crippen LogP contribution in [0.15, 0.2) is 41.7 Å². The van der Waals surface area contributed by atoms with E-state index in [4.69, 9.17) is 0 Å². The van der Waals surface area contributed by atoms with Crippen LogP contribution in [-0.2, 0) is 21.2 Å². The van der Waals surface area contributed by atoms with E-state index in [1.54, 1.807) is 12.1 Å². The normalized spacial score (nSPS) is 18.1. The number of carbonyl (C=O) groups is 2. The molecule has 1 fully saturated rings. The standard InChI is InChI=1S/C18H22N4O5S/c1-12-4-6-14(7-5-12)28(26,27)21-16(18(24)25)9-13-10-22(11-20-13)17(23)15-3-2-8-19-15/h4-7,10-11,15-16,19,21H,2-3,8-9H2,1H3,(H,24,25)/t15-,16+/m1/s1. The number of nitrogens with zero attached hydrogens (tertiary/aromatic N) is 2. The molecule has 2 heterocycles. The number of aromatic nitrogens is 2. The average Bonchev–Trinajstić information content (AvgIpc) is 3.33. The van der Waals surface area contributed by atoms with Crippen molar-refractivity contribution in [2.75, 3.05) is 6.54 Å².